The van der Waals surface area contributed by atoms with Gasteiger partial charge in [0.15, 0.2) is 4.80 Å². The van der Waals surface area contributed by atoms with E-state index in [1.54, 1.807) is 11.8 Å². The molecular weight excluding hydrogens is 372 g/mol. The van der Waals surface area contributed by atoms with Crippen molar-refractivity contribution in [2.75, 3.05) is 0 Å². The Morgan fingerprint density at radius 2 is 1.96 bits per heavy atom. The molecule has 0 aliphatic rings. The number of aromatic nitrogens is 1. The monoisotopic (exact) mass is 390 g/mol. The van der Waals surface area contributed by atoms with Crippen molar-refractivity contribution in [2.24, 2.45) is 4.99 Å². The van der Waals surface area contributed by atoms with Crippen LogP contribution >= 0.6 is 34.7 Å². The number of hydrogen-bond acceptors (Lipinski definition) is 3. The average molecular weight is 391 g/mol. The Balaban J connectivity index is 1.97. The molecule has 0 N–H and O–H groups in total. The highest BCUT2D eigenvalue weighted by molar-refractivity contribution is 7.99. The maximum absolute atomic E-state index is 12.6. The summed E-state index contributed by atoms with van der Waals surface area (Å²) in [6.45, 7) is 7.09. The predicted molar refractivity (Wildman–Crippen MR) is 108 cm³/mol. The quantitative estimate of drug-likeness (QED) is 0.542. The van der Waals surface area contributed by atoms with E-state index >= 15 is 0 Å². The summed E-state index contributed by atoms with van der Waals surface area (Å²) in [5.41, 5.74) is 1.65. The fourth-order valence-electron chi connectivity index (χ4n) is 2.54. The van der Waals surface area contributed by atoms with E-state index in [-0.39, 0.29) is 5.91 Å². The van der Waals surface area contributed by atoms with Gasteiger partial charge < -0.3 is 4.57 Å². The number of benzene rings is 2. The fraction of sp³-hybridized carbons (Fsp3) is 0.263. The van der Waals surface area contributed by atoms with Crippen LogP contribution in [-0.2, 0) is 6.54 Å². The maximum atomic E-state index is 12.6. The van der Waals surface area contributed by atoms with Crippen molar-refractivity contribution in [3.8, 4) is 0 Å². The second kappa shape index (κ2) is 7.77. The Morgan fingerprint density at radius 1 is 1.24 bits per heavy atom. The van der Waals surface area contributed by atoms with Crippen molar-refractivity contribution in [3.05, 3.63) is 57.9 Å². The van der Waals surface area contributed by atoms with Crippen LogP contribution in [-0.4, -0.2) is 15.7 Å². The molecule has 1 amide bonds. The number of hydrogen-bond donors (Lipinski definition) is 0. The van der Waals surface area contributed by atoms with Gasteiger partial charge >= 0.3 is 0 Å². The van der Waals surface area contributed by atoms with Crippen molar-refractivity contribution >= 4 is 50.8 Å². The minimum atomic E-state index is -0.221. The molecule has 2 aromatic carbocycles. The molecule has 1 heterocycles. The molecule has 6 heteroatoms. The number of nitrogens with zero attached hydrogens (tertiary/aromatic N) is 2. The molecular formula is C19H19ClN2OS2. The van der Waals surface area contributed by atoms with E-state index in [0.717, 1.165) is 21.7 Å². The first-order valence-corrected chi connectivity index (χ1v) is 10.2. The minimum absolute atomic E-state index is 0.221. The summed E-state index contributed by atoms with van der Waals surface area (Å²) in [5, 5.41) is 1.20. The van der Waals surface area contributed by atoms with Crippen LogP contribution in [0.5, 0.6) is 0 Å². The molecule has 1 aromatic heterocycles. The molecule has 0 aliphatic carbocycles. The molecule has 0 fully saturated rings. The van der Waals surface area contributed by atoms with Gasteiger partial charge in [0, 0.05) is 27.3 Å². The van der Waals surface area contributed by atoms with E-state index in [0.29, 0.717) is 20.6 Å². The van der Waals surface area contributed by atoms with Crippen molar-refractivity contribution < 1.29 is 4.79 Å². The van der Waals surface area contributed by atoms with Gasteiger partial charge in [-0.15, -0.1) is 11.8 Å². The first kappa shape index (κ1) is 18.2. The van der Waals surface area contributed by atoms with Gasteiger partial charge in [0.2, 0.25) is 0 Å². The summed E-state index contributed by atoms with van der Waals surface area (Å²) in [5.74, 6) is -0.221. The molecule has 25 heavy (non-hydrogen) atoms. The second-order valence-electron chi connectivity index (χ2n) is 5.85. The second-order valence-corrected chi connectivity index (χ2v) is 8.94. The van der Waals surface area contributed by atoms with Crippen LogP contribution in [0, 0.1) is 0 Å². The zero-order chi connectivity index (χ0) is 18.0. The molecule has 0 saturated heterocycles. The first-order valence-electron chi connectivity index (χ1n) is 8.12. The summed E-state index contributed by atoms with van der Waals surface area (Å²) in [7, 11) is 0. The SMILES string of the molecule is CCn1c(=NC(=O)c2ccc(SC(C)C)cc2)sc2cc(Cl)ccc21. The molecule has 3 nitrogen and oxygen atoms in total. The molecule has 0 bridgehead atoms. The van der Waals surface area contributed by atoms with E-state index in [1.165, 1.54) is 11.3 Å². The van der Waals surface area contributed by atoms with Gasteiger partial charge in [-0.3, -0.25) is 4.79 Å². The van der Waals surface area contributed by atoms with Crippen LogP contribution in [0.1, 0.15) is 31.1 Å². The normalized spacial score (nSPS) is 12.3. The third-order valence-electron chi connectivity index (χ3n) is 3.63. The number of halogens is 1. The number of carbonyl (C=O) groups excluding carboxylic acids is 1. The van der Waals surface area contributed by atoms with Gasteiger partial charge in [-0.1, -0.05) is 36.8 Å². The molecule has 130 valence electrons. The van der Waals surface area contributed by atoms with Gasteiger partial charge in [0.25, 0.3) is 5.91 Å². The third kappa shape index (κ3) is 4.17. The van der Waals surface area contributed by atoms with Gasteiger partial charge in [-0.2, -0.15) is 4.99 Å². The van der Waals surface area contributed by atoms with E-state index < -0.39 is 0 Å². The molecule has 0 atom stereocenters. The number of fused-ring (bicyclic) bond motifs is 1. The van der Waals surface area contributed by atoms with Crippen LogP contribution in [0.25, 0.3) is 10.2 Å². The molecule has 0 aliphatic heterocycles. The van der Waals surface area contributed by atoms with Gasteiger partial charge in [-0.25, -0.2) is 0 Å². The van der Waals surface area contributed by atoms with Gasteiger partial charge in [0.1, 0.15) is 0 Å². The van der Waals surface area contributed by atoms with Crippen molar-refractivity contribution in [3.63, 3.8) is 0 Å². The van der Waals surface area contributed by atoms with Crippen molar-refractivity contribution in [1.82, 2.24) is 4.57 Å². The van der Waals surface area contributed by atoms with Crippen LogP contribution in [0.15, 0.2) is 52.4 Å². The minimum Gasteiger partial charge on any atom is -0.317 e. The lowest BCUT2D eigenvalue weighted by atomic mass is 10.2. The zero-order valence-corrected chi connectivity index (χ0v) is 16.7. The Labute approximate surface area is 160 Å². The summed E-state index contributed by atoms with van der Waals surface area (Å²) < 4.78 is 3.07. The summed E-state index contributed by atoms with van der Waals surface area (Å²) in [6, 6.07) is 13.4. The number of thioether (sulfide) groups is 1. The van der Waals surface area contributed by atoms with E-state index in [4.69, 9.17) is 11.6 Å². The van der Waals surface area contributed by atoms with E-state index in [2.05, 4.69) is 18.8 Å². The van der Waals surface area contributed by atoms with Crippen molar-refractivity contribution in [1.29, 1.82) is 0 Å². The Morgan fingerprint density at radius 3 is 2.60 bits per heavy atom. The van der Waals surface area contributed by atoms with Crippen LogP contribution in [0.4, 0.5) is 0 Å². The zero-order valence-electron chi connectivity index (χ0n) is 14.3. The smallest absolute Gasteiger partial charge is 0.279 e. The van der Waals surface area contributed by atoms with E-state index in [9.17, 15) is 4.79 Å². The molecule has 0 unspecified atom stereocenters. The van der Waals surface area contributed by atoms with Gasteiger partial charge in [-0.05, 0) is 49.4 Å². The highest BCUT2D eigenvalue weighted by atomic mass is 35.5. The number of aryl methyl sites for hydroxylation is 1. The number of rotatable bonds is 4. The predicted octanol–water partition coefficient (Wildman–Crippen LogP) is 5.62. The highest BCUT2D eigenvalue weighted by Gasteiger charge is 2.09. The Kier molecular flexibility index (Phi) is 5.67. The van der Waals surface area contributed by atoms with E-state index in [1.807, 2.05) is 54.0 Å². The molecule has 0 radical (unpaired) electrons. The molecule has 0 saturated carbocycles. The Bertz CT molecular complexity index is 971. The number of thiazole rings is 1. The average Bonchev–Trinajstić information content (AvgIpc) is 2.90. The van der Waals surface area contributed by atoms with Gasteiger partial charge in [0.05, 0.1) is 10.2 Å². The maximum Gasteiger partial charge on any atom is 0.279 e. The molecule has 3 rings (SSSR count). The van der Waals surface area contributed by atoms with Crippen LogP contribution in [0.2, 0.25) is 5.02 Å². The fourth-order valence-corrected chi connectivity index (χ4v) is 4.74. The first-order chi connectivity index (χ1) is 12.0. The van der Waals surface area contributed by atoms with Crippen LogP contribution in [0.3, 0.4) is 0 Å². The summed E-state index contributed by atoms with van der Waals surface area (Å²) in [6.07, 6.45) is 0. The summed E-state index contributed by atoms with van der Waals surface area (Å²) >= 11 is 9.33. The highest BCUT2D eigenvalue weighted by Crippen LogP contribution is 2.24. The van der Waals surface area contributed by atoms with Crippen LogP contribution < -0.4 is 4.80 Å². The Hall–Kier alpha value is -1.56. The number of amides is 1. The standard InChI is InChI=1S/C19H19ClN2OS2/c1-4-22-16-10-7-14(20)11-17(16)25-19(22)21-18(23)13-5-8-15(9-6-13)24-12(2)3/h5-12H,4H2,1-3H3. The van der Waals surface area contributed by atoms with Crippen molar-refractivity contribution in [2.45, 2.75) is 37.5 Å². The largest absolute Gasteiger partial charge is 0.317 e. The lowest BCUT2D eigenvalue weighted by Crippen LogP contribution is -2.15. The lowest BCUT2D eigenvalue weighted by Gasteiger charge is -2.04. The third-order valence-corrected chi connectivity index (χ3v) is 5.92. The number of carbonyl (C=O) groups is 1. The molecule has 3 aromatic rings. The summed E-state index contributed by atoms with van der Waals surface area (Å²) in [4.78, 5) is 18.8. The molecule has 0 spiro atoms. The lowest BCUT2D eigenvalue weighted by molar-refractivity contribution is 0.0998. The topological polar surface area (TPSA) is 34.4 Å².